The average molecular weight is 478 g/mol. The van der Waals surface area contributed by atoms with Crippen molar-refractivity contribution in [1.29, 1.82) is 0 Å². The van der Waals surface area contributed by atoms with Crippen molar-refractivity contribution in [3.63, 3.8) is 0 Å². The number of carbonyl (C=O) groups is 1. The van der Waals surface area contributed by atoms with E-state index in [1.165, 1.54) is 23.8 Å². The second-order valence-corrected chi connectivity index (χ2v) is 10.5. The number of nitro groups is 1. The smallest absolute Gasteiger partial charge is 0.271 e. The van der Waals surface area contributed by atoms with E-state index in [9.17, 15) is 23.3 Å². The maximum absolute atomic E-state index is 12.8. The fraction of sp³-hybridized carbons (Fsp3) is 0.435. The lowest BCUT2D eigenvalue weighted by Crippen LogP contribution is -2.50. The second-order valence-electron chi connectivity index (χ2n) is 8.67. The normalized spacial score (nSPS) is 12.6. The number of rotatable bonds is 10. The number of amides is 1. The van der Waals surface area contributed by atoms with Crippen molar-refractivity contribution in [3.05, 3.63) is 64.2 Å². The number of nitro benzene ring substituents is 1. The van der Waals surface area contributed by atoms with Gasteiger partial charge in [0.05, 0.1) is 23.4 Å². The highest BCUT2D eigenvalue weighted by Gasteiger charge is 2.32. The van der Waals surface area contributed by atoms with Crippen molar-refractivity contribution in [3.8, 4) is 5.75 Å². The monoisotopic (exact) mass is 477 g/mol. The quantitative estimate of drug-likeness (QED) is 0.317. The lowest BCUT2D eigenvalue weighted by atomic mass is 9.87. The molecule has 0 bridgehead atoms. The van der Waals surface area contributed by atoms with Crippen LogP contribution in [0.5, 0.6) is 5.75 Å². The third-order valence-corrected chi connectivity index (χ3v) is 6.20. The Morgan fingerprint density at radius 3 is 2.33 bits per heavy atom. The molecule has 0 aliphatic rings. The molecule has 0 spiro atoms. The number of sulfonamides is 1. The van der Waals surface area contributed by atoms with Crippen LogP contribution in [0.3, 0.4) is 0 Å². The zero-order valence-corrected chi connectivity index (χ0v) is 20.4. The largest absolute Gasteiger partial charge is 0.492 e. The van der Waals surface area contributed by atoms with E-state index in [1.54, 1.807) is 6.92 Å². The standard InChI is InChI=1S/C23H31N3O6S/c1-6-21(25(33(5,30)31)18-8-7-9-19(16-18)26(28)29)22(27)24-14-15-32-20-12-10-17(11-13-20)23(2,3)4/h7-13,16,21H,6,14-15H2,1-5H3,(H,24,27). The molecular formula is C23H31N3O6S. The number of nitrogens with one attached hydrogen (secondary N) is 1. The van der Waals surface area contributed by atoms with Crippen LogP contribution in [0.2, 0.25) is 0 Å². The minimum Gasteiger partial charge on any atom is -0.492 e. The first-order valence-electron chi connectivity index (χ1n) is 10.6. The van der Waals surface area contributed by atoms with Crippen LogP contribution in [0, 0.1) is 10.1 Å². The highest BCUT2D eigenvalue weighted by Crippen LogP contribution is 2.27. The predicted molar refractivity (Wildman–Crippen MR) is 128 cm³/mol. The van der Waals surface area contributed by atoms with Crippen LogP contribution >= 0.6 is 0 Å². The summed E-state index contributed by atoms with van der Waals surface area (Å²) in [4.78, 5) is 23.3. The number of nitrogens with zero attached hydrogens (tertiary/aromatic N) is 2. The number of hydrogen-bond donors (Lipinski definition) is 1. The highest BCUT2D eigenvalue weighted by molar-refractivity contribution is 7.92. The van der Waals surface area contributed by atoms with Crippen molar-refractivity contribution in [2.45, 2.75) is 45.6 Å². The summed E-state index contributed by atoms with van der Waals surface area (Å²) in [5.41, 5.74) is 1.01. The summed E-state index contributed by atoms with van der Waals surface area (Å²) in [6.45, 7) is 8.41. The SMILES string of the molecule is CCC(C(=O)NCCOc1ccc(C(C)(C)C)cc1)N(c1cccc([N+](=O)[O-])c1)S(C)(=O)=O. The Hall–Kier alpha value is -3.14. The van der Waals surface area contributed by atoms with Crippen molar-refractivity contribution < 1.29 is 22.9 Å². The Balaban J connectivity index is 2.06. The molecule has 0 radical (unpaired) electrons. The molecule has 0 aromatic heterocycles. The van der Waals surface area contributed by atoms with Crippen LogP contribution in [0.4, 0.5) is 11.4 Å². The molecule has 180 valence electrons. The summed E-state index contributed by atoms with van der Waals surface area (Å²) < 4.78 is 31.6. The van der Waals surface area contributed by atoms with E-state index in [1.807, 2.05) is 24.3 Å². The van der Waals surface area contributed by atoms with Crippen molar-refractivity contribution in [2.24, 2.45) is 0 Å². The van der Waals surface area contributed by atoms with Gasteiger partial charge in [-0.3, -0.25) is 19.2 Å². The van der Waals surface area contributed by atoms with Crippen molar-refractivity contribution in [2.75, 3.05) is 23.7 Å². The summed E-state index contributed by atoms with van der Waals surface area (Å²) in [6, 6.07) is 11.9. The fourth-order valence-corrected chi connectivity index (χ4v) is 4.52. The third-order valence-electron chi connectivity index (χ3n) is 5.02. The summed E-state index contributed by atoms with van der Waals surface area (Å²) >= 11 is 0. The zero-order chi connectivity index (χ0) is 24.8. The Morgan fingerprint density at radius 2 is 1.82 bits per heavy atom. The van der Waals surface area contributed by atoms with E-state index < -0.39 is 26.9 Å². The van der Waals surface area contributed by atoms with Gasteiger partial charge in [-0.2, -0.15) is 0 Å². The molecule has 1 atom stereocenters. The predicted octanol–water partition coefficient (Wildman–Crippen LogP) is 3.63. The Bertz CT molecular complexity index is 1080. The molecule has 2 rings (SSSR count). The first kappa shape index (κ1) is 26.1. The first-order valence-corrected chi connectivity index (χ1v) is 12.4. The topological polar surface area (TPSA) is 119 Å². The minimum absolute atomic E-state index is 0.0341. The van der Waals surface area contributed by atoms with Crippen LogP contribution < -0.4 is 14.4 Å². The van der Waals surface area contributed by atoms with E-state index in [0.717, 1.165) is 16.6 Å². The fourth-order valence-electron chi connectivity index (χ4n) is 3.32. The molecule has 33 heavy (non-hydrogen) atoms. The Labute approximate surface area is 195 Å². The van der Waals surface area contributed by atoms with Crippen LogP contribution in [-0.4, -0.2) is 44.7 Å². The third kappa shape index (κ3) is 7.18. The molecule has 10 heteroatoms. The molecule has 1 N–H and O–H groups in total. The van der Waals surface area contributed by atoms with Crippen LogP contribution in [0.15, 0.2) is 48.5 Å². The Morgan fingerprint density at radius 1 is 1.18 bits per heavy atom. The minimum atomic E-state index is -3.89. The van der Waals surface area contributed by atoms with Crippen LogP contribution in [0.25, 0.3) is 0 Å². The number of benzene rings is 2. The van der Waals surface area contributed by atoms with Gasteiger partial charge in [0.2, 0.25) is 15.9 Å². The van der Waals surface area contributed by atoms with Crippen LogP contribution in [0.1, 0.15) is 39.7 Å². The van der Waals surface area contributed by atoms with Crippen LogP contribution in [-0.2, 0) is 20.2 Å². The average Bonchev–Trinajstić information content (AvgIpc) is 2.73. The number of non-ortho nitro benzene ring substituents is 1. The van der Waals surface area contributed by atoms with E-state index in [0.29, 0.717) is 5.75 Å². The number of hydrogen-bond acceptors (Lipinski definition) is 6. The molecule has 0 aliphatic carbocycles. The molecule has 1 amide bonds. The summed E-state index contributed by atoms with van der Waals surface area (Å²) in [5.74, 6) is 0.153. The maximum atomic E-state index is 12.8. The van der Waals surface area contributed by atoms with Gasteiger partial charge in [-0.1, -0.05) is 45.9 Å². The molecule has 0 saturated heterocycles. The van der Waals surface area contributed by atoms with Gasteiger partial charge < -0.3 is 10.1 Å². The Kier molecular flexibility index (Phi) is 8.43. The molecule has 0 fully saturated rings. The van der Waals surface area contributed by atoms with E-state index in [4.69, 9.17) is 4.74 Å². The van der Waals surface area contributed by atoms with Gasteiger partial charge in [0.1, 0.15) is 18.4 Å². The van der Waals surface area contributed by atoms with Gasteiger partial charge in [-0.05, 0) is 35.6 Å². The number of ether oxygens (including phenoxy) is 1. The summed E-state index contributed by atoms with van der Waals surface area (Å²) in [7, 11) is -3.89. The molecular weight excluding hydrogens is 446 g/mol. The zero-order valence-electron chi connectivity index (χ0n) is 19.6. The highest BCUT2D eigenvalue weighted by atomic mass is 32.2. The second kappa shape index (κ2) is 10.7. The first-order chi connectivity index (χ1) is 15.3. The molecule has 0 aliphatic heterocycles. The lowest BCUT2D eigenvalue weighted by Gasteiger charge is -2.30. The molecule has 2 aromatic rings. The molecule has 9 nitrogen and oxygen atoms in total. The lowest BCUT2D eigenvalue weighted by molar-refractivity contribution is -0.384. The molecule has 2 aromatic carbocycles. The van der Waals surface area contributed by atoms with Crippen molar-refractivity contribution >= 4 is 27.3 Å². The van der Waals surface area contributed by atoms with Crippen molar-refractivity contribution in [1.82, 2.24) is 5.32 Å². The van der Waals surface area contributed by atoms with Gasteiger partial charge in [-0.25, -0.2) is 8.42 Å². The summed E-state index contributed by atoms with van der Waals surface area (Å²) in [5, 5.41) is 13.8. The van der Waals surface area contributed by atoms with Gasteiger partial charge in [0.15, 0.2) is 0 Å². The summed E-state index contributed by atoms with van der Waals surface area (Å²) in [6.07, 6.45) is 1.14. The van der Waals surface area contributed by atoms with Gasteiger partial charge in [-0.15, -0.1) is 0 Å². The van der Waals surface area contributed by atoms with E-state index in [2.05, 4.69) is 26.1 Å². The maximum Gasteiger partial charge on any atom is 0.271 e. The molecule has 1 unspecified atom stereocenters. The van der Waals surface area contributed by atoms with Gasteiger partial charge in [0.25, 0.3) is 5.69 Å². The molecule has 0 heterocycles. The van der Waals surface area contributed by atoms with Gasteiger partial charge in [0, 0.05) is 12.1 Å². The van der Waals surface area contributed by atoms with E-state index in [-0.39, 0.29) is 36.4 Å². The molecule has 0 saturated carbocycles. The number of carbonyl (C=O) groups excluding carboxylic acids is 1. The van der Waals surface area contributed by atoms with E-state index >= 15 is 0 Å². The number of anilines is 1. The van der Waals surface area contributed by atoms with Gasteiger partial charge >= 0.3 is 0 Å².